The predicted octanol–water partition coefficient (Wildman–Crippen LogP) is 0.678. The first kappa shape index (κ1) is 13.8. The number of nitrogens with two attached hydrogens (primary N) is 1. The third kappa shape index (κ3) is 2.85. The molecule has 1 aromatic rings. The van der Waals surface area contributed by atoms with E-state index in [1.165, 1.54) is 12.1 Å². The van der Waals surface area contributed by atoms with E-state index in [4.69, 9.17) is 10.5 Å². The molecule has 104 valence electrons. The fourth-order valence-corrected chi connectivity index (χ4v) is 2.02. The van der Waals surface area contributed by atoms with Crippen molar-refractivity contribution in [3.05, 3.63) is 29.6 Å². The molecule has 0 radical (unpaired) electrons. The van der Waals surface area contributed by atoms with Gasteiger partial charge in [-0.25, -0.2) is 4.39 Å². The van der Waals surface area contributed by atoms with Gasteiger partial charge in [-0.3, -0.25) is 4.79 Å². The summed E-state index contributed by atoms with van der Waals surface area (Å²) in [4.78, 5) is 11.9. The van der Waals surface area contributed by atoms with Gasteiger partial charge in [-0.2, -0.15) is 0 Å². The summed E-state index contributed by atoms with van der Waals surface area (Å²) in [5, 5.41) is 12.8. The zero-order valence-corrected chi connectivity index (χ0v) is 10.6. The summed E-state index contributed by atoms with van der Waals surface area (Å²) in [6.07, 6.45) is 0.145. The molecule has 2 rings (SSSR count). The molecule has 0 aliphatic carbocycles. The highest BCUT2D eigenvalue weighted by Crippen LogP contribution is 2.24. The van der Waals surface area contributed by atoms with E-state index < -0.39 is 17.3 Å². The van der Waals surface area contributed by atoms with Crippen LogP contribution in [0.5, 0.6) is 0 Å². The molecule has 4 N–H and O–H groups in total. The topological polar surface area (TPSA) is 84.6 Å². The van der Waals surface area contributed by atoms with E-state index in [-0.39, 0.29) is 23.9 Å². The molecular weight excluding hydrogens is 251 g/mol. The molecule has 0 bridgehead atoms. The lowest BCUT2D eigenvalue weighted by Gasteiger charge is -2.26. The Labute approximate surface area is 110 Å². The monoisotopic (exact) mass is 268 g/mol. The maximum Gasteiger partial charge on any atom is 0.251 e. The first-order chi connectivity index (χ1) is 8.92. The first-order valence-corrected chi connectivity index (χ1v) is 6.09. The average molecular weight is 268 g/mol. The molecular formula is C13H17FN2O3. The summed E-state index contributed by atoms with van der Waals surface area (Å²) in [5.41, 5.74) is 4.52. The number of nitrogen functional groups attached to an aromatic ring is 1. The number of carbonyl (C=O) groups is 1. The van der Waals surface area contributed by atoms with E-state index in [0.29, 0.717) is 13.0 Å². The maximum absolute atomic E-state index is 13.0. The maximum atomic E-state index is 13.0. The Balaban J connectivity index is 1.99. The summed E-state index contributed by atoms with van der Waals surface area (Å²) < 4.78 is 18.3. The average Bonchev–Trinajstić information content (AvgIpc) is 2.71. The summed E-state index contributed by atoms with van der Waals surface area (Å²) in [6, 6.07) is 3.75. The second kappa shape index (κ2) is 5.14. The number of benzene rings is 1. The fourth-order valence-electron chi connectivity index (χ4n) is 2.02. The van der Waals surface area contributed by atoms with Gasteiger partial charge in [-0.1, -0.05) is 0 Å². The van der Waals surface area contributed by atoms with E-state index in [0.717, 1.165) is 6.07 Å². The van der Waals surface area contributed by atoms with Gasteiger partial charge in [0.2, 0.25) is 0 Å². The number of hydrogen-bond donors (Lipinski definition) is 3. The van der Waals surface area contributed by atoms with Gasteiger partial charge in [0, 0.05) is 25.1 Å². The van der Waals surface area contributed by atoms with Crippen molar-refractivity contribution in [2.75, 3.05) is 18.9 Å². The first-order valence-electron chi connectivity index (χ1n) is 6.09. The SMILES string of the molecule is CC1OCCC1(O)CNC(=O)c1ccc(F)c(N)c1. The number of nitrogens with one attached hydrogen (secondary N) is 1. The molecule has 6 heteroatoms. The number of amides is 1. The molecule has 19 heavy (non-hydrogen) atoms. The zero-order chi connectivity index (χ0) is 14.0. The Morgan fingerprint density at radius 3 is 3.00 bits per heavy atom. The number of rotatable bonds is 3. The van der Waals surface area contributed by atoms with Crippen molar-refractivity contribution in [1.82, 2.24) is 5.32 Å². The molecule has 0 spiro atoms. The standard InChI is InChI=1S/C13H17FN2O3/c1-8-13(18,4-5-19-8)7-16-12(17)9-2-3-10(14)11(15)6-9/h2-3,6,8,18H,4-5,7,15H2,1H3,(H,16,17). The minimum absolute atomic E-state index is 0.0797. The fraction of sp³-hybridized carbons (Fsp3) is 0.462. The van der Waals surface area contributed by atoms with Crippen LogP contribution in [0.15, 0.2) is 18.2 Å². The van der Waals surface area contributed by atoms with Gasteiger partial charge < -0.3 is 20.9 Å². The third-order valence-corrected chi connectivity index (χ3v) is 3.47. The van der Waals surface area contributed by atoms with Gasteiger partial charge in [-0.15, -0.1) is 0 Å². The molecule has 5 nitrogen and oxygen atoms in total. The highest BCUT2D eigenvalue weighted by atomic mass is 19.1. The third-order valence-electron chi connectivity index (χ3n) is 3.47. The van der Waals surface area contributed by atoms with Crippen LogP contribution in [0.25, 0.3) is 0 Å². The highest BCUT2D eigenvalue weighted by Gasteiger charge is 2.39. The molecule has 1 aliphatic heterocycles. The van der Waals surface area contributed by atoms with Gasteiger partial charge in [-0.05, 0) is 25.1 Å². The number of anilines is 1. The van der Waals surface area contributed by atoms with Gasteiger partial charge in [0.1, 0.15) is 11.4 Å². The lowest BCUT2D eigenvalue weighted by Crippen LogP contribution is -2.47. The Kier molecular flexibility index (Phi) is 3.73. The van der Waals surface area contributed by atoms with Crippen LogP contribution >= 0.6 is 0 Å². The zero-order valence-electron chi connectivity index (χ0n) is 10.6. The Bertz CT molecular complexity index is 495. The second-order valence-electron chi connectivity index (χ2n) is 4.79. The van der Waals surface area contributed by atoms with Crippen LogP contribution in [0, 0.1) is 5.82 Å². The summed E-state index contributed by atoms with van der Waals surface area (Å²) in [5.74, 6) is -0.966. The van der Waals surface area contributed by atoms with Crippen LogP contribution in [0.4, 0.5) is 10.1 Å². The minimum atomic E-state index is -1.05. The van der Waals surface area contributed by atoms with Crippen molar-refractivity contribution in [3.8, 4) is 0 Å². The molecule has 1 aromatic carbocycles. The highest BCUT2D eigenvalue weighted by molar-refractivity contribution is 5.95. The van der Waals surface area contributed by atoms with Crippen LogP contribution in [-0.4, -0.2) is 35.9 Å². The molecule has 2 atom stereocenters. The van der Waals surface area contributed by atoms with Crippen molar-refractivity contribution in [1.29, 1.82) is 0 Å². The van der Waals surface area contributed by atoms with Crippen LogP contribution in [-0.2, 0) is 4.74 Å². The van der Waals surface area contributed by atoms with Gasteiger partial charge in [0.15, 0.2) is 0 Å². The minimum Gasteiger partial charge on any atom is -0.396 e. The van der Waals surface area contributed by atoms with Crippen LogP contribution < -0.4 is 11.1 Å². The van der Waals surface area contributed by atoms with E-state index in [1.807, 2.05) is 0 Å². The van der Waals surface area contributed by atoms with Crippen molar-refractivity contribution < 1.29 is 19.0 Å². The smallest absolute Gasteiger partial charge is 0.251 e. The molecule has 1 fully saturated rings. The van der Waals surface area contributed by atoms with Gasteiger partial charge >= 0.3 is 0 Å². The van der Waals surface area contributed by atoms with Crippen LogP contribution in [0.3, 0.4) is 0 Å². The number of aliphatic hydroxyl groups is 1. The number of ether oxygens (including phenoxy) is 1. The molecule has 2 unspecified atom stereocenters. The quantitative estimate of drug-likeness (QED) is 0.704. The predicted molar refractivity (Wildman–Crippen MR) is 68.1 cm³/mol. The second-order valence-corrected chi connectivity index (χ2v) is 4.79. The molecule has 1 saturated heterocycles. The Hall–Kier alpha value is -1.66. The van der Waals surface area contributed by atoms with Crippen molar-refractivity contribution in [2.24, 2.45) is 0 Å². The van der Waals surface area contributed by atoms with E-state index in [9.17, 15) is 14.3 Å². The number of halogens is 1. The molecule has 1 amide bonds. The Morgan fingerprint density at radius 1 is 1.68 bits per heavy atom. The van der Waals surface area contributed by atoms with Crippen molar-refractivity contribution in [2.45, 2.75) is 25.0 Å². The number of carbonyl (C=O) groups excluding carboxylic acids is 1. The van der Waals surface area contributed by atoms with E-state index in [1.54, 1.807) is 6.92 Å². The normalized spacial score (nSPS) is 26.4. The number of hydrogen-bond acceptors (Lipinski definition) is 4. The lowest BCUT2D eigenvalue weighted by molar-refractivity contribution is -0.0251. The largest absolute Gasteiger partial charge is 0.396 e. The molecule has 0 aromatic heterocycles. The van der Waals surface area contributed by atoms with Crippen molar-refractivity contribution in [3.63, 3.8) is 0 Å². The van der Waals surface area contributed by atoms with Gasteiger partial charge in [0.05, 0.1) is 11.8 Å². The van der Waals surface area contributed by atoms with E-state index in [2.05, 4.69) is 5.32 Å². The molecule has 0 saturated carbocycles. The molecule has 1 heterocycles. The Morgan fingerprint density at radius 2 is 2.42 bits per heavy atom. The lowest BCUT2D eigenvalue weighted by atomic mass is 9.96. The van der Waals surface area contributed by atoms with Crippen LogP contribution in [0.1, 0.15) is 23.7 Å². The molecule has 1 aliphatic rings. The summed E-state index contributed by atoms with van der Waals surface area (Å²) in [7, 11) is 0. The van der Waals surface area contributed by atoms with E-state index >= 15 is 0 Å². The van der Waals surface area contributed by atoms with Crippen molar-refractivity contribution >= 4 is 11.6 Å². The summed E-state index contributed by atoms with van der Waals surface area (Å²) >= 11 is 0. The van der Waals surface area contributed by atoms with Crippen LogP contribution in [0.2, 0.25) is 0 Å². The van der Waals surface area contributed by atoms with Gasteiger partial charge in [0.25, 0.3) is 5.91 Å². The summed E-state index contributed by atoms with van der Waals surface area (Å²) in [6.45, 7) is 2.32.